The smallest absolute Gasteiger partial charge is 0.266 e. The maximum absolute atomic E-state index is 12.0. The number of nitrogens with zero attached hydrogens (tertiary/aromatic N) is 2. The van der Waals surface area contributed by atoms with E-state index in [1.165, 1.54) is 18.3 Å². The number of H-pyrrole nitrogens is 1. The summed E-state index contributed by atoms with van der Waals surface area (Å²) in [7, 11) is 0. The van der Waals surface area contributed by atoms with Crippen molar-refractivity contribution in [3.63, 3.8) is 0 Å². The first-order chi connectivity index (χ1) is 9.15. The van der Waals surface area contributed by atoms with Gasteiger partial charge in [-0.25, -0.2) is 0 Å². The van der Waals surface area contributed by atoms with Crippen molar-refractivity contribution in [2.45, 2.75) is 20.0 Å². The van der Waals surface area contributed by atoms with Gasteiger partial charge in [0, 0.05) is 12.5 Å². The van der Waals surface area contributed by atoms with E-state index in [0.29, 0.717) is 23.8 Å². The molecule has 0 radical (unpaired) electrons. The molecule has 1 aliphatic heterocycles. The van der Waals surface area contributed by atoms with E-state index in [4.69, 9.17) is 0 Å². The minimum absolute atomic E-state index is 0.00790. The lowest BCUT2D eigenvalue weighted by Gasteiger charge is -2.12. The molecule has 0 aliphatic carbocycles. The Morgan fingerprint density at radius 1 is 1.47 bits per heavy atom. The van der Waals surface area contributed by atoms with E-state index < -0.39 is 0 Å². The standard InChI is InChI=1S/C12H12N4O2S/c1-7(17)16-5-8-9(6-16)14-15-11(8)13-12(18)10-3-2-4-19-10/h2-4H,5-6H2,1H3,(H2,13,14,15,18). The molecule has 2 amide bonds. The van der Waals surface area contributed by atoms with Crippen LogP contribution in [0.2, 0.25) is 0 Å². The van der Waals surface area contributed by atoms with E-state index in [0.717, 1.165) is 11.3 Å². The van der Waals surface area contributed by atoms with Crippen LogP contribution in [0.5, 0.6) is 0 Å². The normalized spacial score (nSPS) is 13.4. The van der Waals surface area contributed by atoms with Gasteiger partial charge in [-0.3, -0.25) is 14.7 Å². The summed E-state index contributed by atoms with van der Waals surface area (Å²) in [5.74, 6) is 0.424. The van der Waals surface area contributed by atoms with Gasteiger partial charge in [0.25, 0.3) is 5.91 Å². The SMILES string of the molecule is CC(=O)N1Cc2n[nH]c(NC(=O)c3cccs3)c2C1. The van der Waals surface area contributed by atoms with Crippen molar-refractivity contribution in [3.05, 3.63) is 33.6 Å². The minimum atomic E-state index is -0.164. The molecule has 3 heterocycles. The van der Waals surface area contributed by atoms with Gasteiger partial charge in [-0.2, -0.15) is 5.10 Å². The zero-order valence-electron chi connectivity index (χ0n) is 10.3. The van der Waals surface area contributed by atoms with Crippen molar-refractivity contribution < 1.29 is 9.59 Å². The van der Waals surface area contributed by atoms with E-state index in [1.54, 1.807) is 11.0 Å². The van der Waals surface area contributed by atoms with Gasteiger partial charge in [-0.15, -0.1) is 11.3 Å². The van der Waals surface area contributed by atoms with E-state index in [-0.39, 0.29) is 11.8 Å². The number of anilines is 1. The maximum atomic E-state index is 12.0. The Balaban J connectivity index is 1.78. The van der Waals surface area contributed by atoms with Crippen molar-refractivity contribution in [3.8, 4) is 0 Å². The summed E-state index contributed by atoms with van der Waals surface area (Å²) in [5.41, 5.74) is 1.71. The van der Waals surface area contributed by atoms with E-state index >= 15 is 0 Å². The first-order valence-corrected chi connectivity index (χ1v) is 6.69. The molecule has 3 rings (SSSR count). The Morgan fingerprint density at radius 3 is 3.00 bits per heavy atom. The van der Waals surface area contributed by atoms with Gasteiger partial charge in [-0.05, 0) is 11.4 Å². The molecule has 2 aromatic heterocycles. The second-order valence-corrected chi connectivity index (χ2v) is 5.28. The summed E-state index contributed by atoms with van der Waals surface area (Å²) in [5, 5.41) is 11.6. The molecule has 0 aromatic carbocycles. The second-order valence-electron chi connectivity index (χ2n) is 4.33. The van der Waals surface area contributed by atoms with Crippen molar-refractivity contribution >= 4 is 29.0 Å². The molecule has 19 heavy (non-hydrogen) atoms. The van der Waals surface area contributed by atoms with Crippen molar-refractivity contribution in [1.82, 2.24) is 15.1 Å². The summed E-state index contributed by atoms with van der Waals surface area (Å²) in [6.07, 6.45) is 0. The van der Waals surface area contributed by atoms with Crippen molar-refractivity contribution in [2.24, 2.45) is 0 Å². The lowest BCUT2D eigenvalue weighted by molar-refractivity contribution is -0.129. The molecule has 0 saturated heterocycles. The van der Waals surface area contributed by atoms with Crippen molar-refractivity contribution in [1.29, 1.82) is 0 Å². The average molecular weight is 276 g/mol. The maximum Gasteiger partial charge on any atom is 0.266 e. The Morgan fingerprint density at radius 2 is 2.32 bits per heavy atom. The predicted octanol–water partition coefficient (Wildman–Crippen LogP) is 1.59. The number of fused-ring (bicyclic) bond motifs is 1. The van der Waals surface area contributed by atoms with Gasteiger partial charge in [0.05, 0.1) is 23.7 Å². The third-order valence-electron chi connectivity index (χ3n) is 3.07. The number of thiophene rings is 1. The molecule has 2 aromatic rings. The van der Waals surface area contributed by atoms with Crippen LogP contribution >= 0.6 is 11.3 Å². The van der Waals surface area contributed by atoms with Crippen molar-refractivity contribution in [2.75, 3.05) is 5.32 Å². The zero-order valence-corrected chi connectivity index (χ0v) is 11.1. The number of hydrogen-bond donors (Lipinski definition) is 2. The third kappa shape index (κ3) is 2.12. The monoisotopic (exact) mass is 276 g/mol. The molecule has 98 valence electrons. The number of aromatic amines is 1. The first-order valence-electron chi connectivity index (χ1n) is 5.81. The topological polar surface area (TPSA) is 78.1 Å². The quantitative estimate of drug-likeness (QED) is 0.874. The molecule has 0 spiro atoms. The van der Waals surface area contributed by atoms with Gasteiger partial charge in [0.1, 0.15) is 5.82 Å². The van der Waals surface area contributed by atoms with Crippen LogP contribution in [0, 0.1) is 0 Å². The highest BCUT2D eigenvalue weighted by Gasteiger charge is 2.27. The van der Waals surface area contributed by atoms with Crippen LogP contribution in [0.15, 0.2) is 17.5 Å². The van der Waals surface area contributed by atoms with Crippen LogP contribution in [0.4, 0.5) is 5.82 Å². The zero-order chi connectivity index (χ0) is 13.4. The summed E-state index contributed by atoms with van der Waals surface area (Å²) >= 11 is 1.38. The second kappa shape index (κ2) is 4.51. The van der Waals surface area contributed by atoms with E-state index in [2.05, 4.69) is 15.5 Å². The lowest BCUT2D eigenvalue weighted by Crippen LogP contribution is -2.22. The average Bonchev–Trinajstić information content (AvgIpc) is 3.05. The number of carbonyl (C=O) groups excluding carboxylic acids is 2. The summed E-state index contributed by atoms with van der Waals surface area (Å²) in [6, 6.07) is 3.59. The number of nitrogens with one attached hydrogen (secondary N) is 2. The molecule has 1 aliphatic rings. The number of aromatic nitrogens is 2. The van der Waals surface area contributed by atoms with Crippen LogP contribution in [-0.2, 0) is 17.9 Å². The minimum Gasteiger partial charge on any atom is -0.332 e. The van der Waals surface area contributed by atoms with Gasteiger partial charge >= 0.3 is 0 Å². The highest BCUT2D eigenvalue weighted by Crippen LogP contribution is 2.27. The van der Waals surface area contributed by atoms with E-state index in [9.17, 15) is 9.59 Å². The Hall–Kier alpha value is -2.15. The van der Waals surface area contributed by atoms with Crippen LogP contribution in [0.1, 0.15) is 27.9 Å². The van der Waals surface area contributed by atoms with Crippen LogP contribution in [0.3, 0.4) is 0 Å². The van der Waals surface area contributed by atoms with Gasteiger partial charge in [0.15, 0.2) is 0 Å². The van der Waals surface area contributed by atoms with Crippen LogP contribution in [-0.4, -0.2) is 26.9 Å². The summed E-state index contributed by atoms with van der Waals surface area (Å²) in [4.78, 5) is 25.6. The molecular weight excluding hydrogens is 264 g/mol. The fourth-order valence-corrected chi connectivity index (χ4v) is 2.66. The predicted molar refractivity (Wildman–Crippen MR) is 70.8 cm³/mol. The number of hydrogen-bond acceptors (Lipinski definition) is 4. The highest BCUT2D eigenvalue weighted by molar-refractivity contribution is 7.12. The van der Waals surface area contributed by atoms with Gasteiger partial charge < -0.3 is 10.2 Å². The Labute approximate surface area is 113 Å². The van der Waals surface area contributed by atoms with Gasteiger partial charge in [0.2, 0.25) is 5.91 Å². The third-order valence-corrected chi connectivity index (χ3v) is 3.94. The van der Waals surface area contributed by atoms with E-state index in [1.807, 2.05) is 11.4 Å². The summed E-state index contributed by atoms with van der Waals surface area (Å²) in [6.45, 7) is 2.51. The Kier molecular flexibility index (Phi) is 2.83. The molecule has 2 N–H and O–H groups in total. The Bertz CT molecular complexity index is 632. The van der Waals surface area contributed by atoms with Gasteiger partial charge in [-0.1, -0.05) is 6.07 Å². The molecule has 0 fully saturated rings. The van der Waals surface area contributed by atoms with Crippen LogP contribution in [0.25, 0.3) is 0 Å². The fourth-order valence-electron chi connectivity index (χ4n) is 2.04. The highest BCUT2D eigenvalue weighted by atomic mass is 32.1. The molecule has 0 atom stereocenters. The number of carbonyl (C=O) groups is 2. The lowest BCUT2D eigenvalue weighted by atomic mass is 10.3. The first kappa shape index (κ1) is 11.9. The largest absolute Gasteiger partial charge is 0.332 e. The molecule has 0 unspecified atom stereocenters. The molecule has 0 saturated carbocycles. The fraction of sp³-hybridized carbons (Fsp3) is 0.250. The number of amides is 2. The van der Waals surface area contributed by atoms with Crippen LogP contribution < -0.4 is 5.32 Å². The molecular formula is C12H12N4O2S. The molecule has 0 bridgehead atoms. The molecule has 6 nitrogen and oxygen atoms in total. The number of rotatable bonds is 2. The summed E-state index contributed by atoms with van der Waals surface area (Å²) < 4.78 is 0. The molecule has 7 heteroatoms.